The highest BCUT2D eigenvalue weighted by molar-refractivity contribution is 7.13. The third kappa shape index (κ3) is 3.13. The average molecular weight is 380 g/mol. The van der Waals surface area contributed by atoms with Crippen LogP contribution in [0.25, 0.3) is 21.8 Å². The number of nitrogens with one attached hydrogen (secondary N) is 1. The van der Waals surface area contributed by atoms with Crippen molar-refractivity contribution >= 4 is 22.4 Å². The fraction of sp³-hybridized carbons (Fsp3) is 0.300. The minimum atomic E-state index is -0.00765. The monoisotopic (exact) mass is 380 g/mol. The molecule has 1 N–H and O–H groups in total. The van der Waals surface area contributed by atoms with Crippen molar-refractivity contribution in [2.45, 2.75) is 25.4 Å². The molecule has 1 aromatic carbocycles. The number of para-hydroxylation sites is 2. The van der Waals surface area contributed by atoms with E-state index in [1.807, 2.05) is 46.3 Å². The van der Waals surface area contributed by atoms with Gasteiger partial charge in [-0.2, -0.15) is 0 Å². The number of piperidine rings is 1. The van der Waals surface area contributed by atoms with E-state index < -0.39 is 0 Å². The Kier molecular flexibility index (Phi) is 4.18. The van der Waals surface area contributed by atoms with E-state index in [1.54, 1.807) is 17.6 Å². The first-order valence-electron chi connectivity index (χ1n) is 9.18. The van der Waals surface area contributed by atoms with Crippen molar-refractivity contribution in [2.24, 2.45) is 0 Å². The zero-order valence-electron chi connectivity index (χ0n) is 14.8. The molecule has 5 rings (SSSR count). The molecule has 1 saturated heterocycles. The molecule has 138 valence electrons. The van der Waals surface area contributed by atoms with Crippen molar-refractivity contribution in [1.82, 2.24) is 19.4 Å². The van der Waals surface area contributed by atoms with Crippen LogP contribution in [0, 0.1) is 0 Å². The van der Waals surface area contributed by atoms with Crippen molar-refractivity contribution in [1.29, 1.82) is 0 Å². The smallest absolute Gasteiger partial charge is 0.326 e. The number of oxazole rings is 1. The molecule has 1 aliphatic heterocycles. The van der Waals surface area contributed by atoms with E-state index in [2.05, 4.69) is 14.9 Å². The Morgan fingerprint density at radius 1 is 1.19 bits per heavy atom. The van der Waals surface area contributed by atoms with Gasteiger partial charge in [0.25, 0.3) is 0 Å². The molecule has 0 spiro atoms. The van der Waals surface area contributed by atoms with Gasteiger partial charge in [-0.05, 0) is 36.4 Å². The molecule has 6 nitrogen and oxygen atoms in total. The highest BCUT2D eigenvalue weighted by Gasteiger charge is 2.24. The third-order valence-electron chi connectivity index (χ3n) is 5.22. The number of hydrogen-bond acceptors (Lipinski definition) is 5. The summed E-state index contributed by atoms with van der Waals surface area (Å²) in [6.07, 6.45) is 3.67. The lowest BCUT2D eigenvalue weighted by Gasteiger charge is -2.31. The Bertz CT molecular complexity index is 1100. The van der Waals surface area contributed by atoms with Crippen LogP contribution in [0.1, 0.15) is 24.6 Å². The topological polar surface area (TPSA) is 67.1 Å². The van der Waals surface area contributed by atoms with E-state index in [1.165, 1.54) is 0 Å². The number of aromatic amines is 1. The number of benzene rings is 1. The molecule has 1 aliphatic rings. The fourth-order valence-corrected chi connectivity index (χ4v) is 4.55. The lowest BCUT2D eigenvalue weighted by atomic mass is 10.0. The summed E-state index contributed by atoms with van der Waals surface area (Å²) in [5.41, 5.74) is 2.86. The van der Waals surface area contributed by atoms with Gasteiger partial charge in [0.2, 0.25) is 5.89 Å². The summed E-state index contributed by atoms with van der Waals surface area (Å²) in [6.45, 7) is 2.67. The van der Waals surface area contributed by atoms with Gasteiger partial charge in [-0.15, -0.1) is 11.3 Å². The van der Waals surface area contributed by atoms with Crippen molar-refractivity contribution in [2.75, 3.05) is 13.1 Å². The van der Waals surface area contributed by atoms with E-state index in [0.29, 0.717) is 5.89 Å². The van der Waals surface area contributed by atoms with Gasteiger partial charge in [0, 0.05) is 25.7 Å². The summed E-state index contributed by atoms with van der Waals surface area (Å²) in [7, 11) is 0. The summed E-state index contributed by atoms with van der Waals surface area (Å²) in [4.78, 5) is 23.4. The Morgan fingerprint density at radius 2 is 2.04 bits per heavy atom. The minimum Gasteiger partial charge on any atom is -0.444 e. The molecule has 0 radical (unpaired) electrons. The predicted octanol–water partition coefficient (Wildman–Crippen LogP) is 3.88. The van der Waals surface area contributed by atoms with Gasteiger partial charge in [-0.3, -0.25) is 9.47 Å². The van der Waals surface area contributed by atoms with Crippen LogP contribution in [-0.4, -0.2) is 32.5 Å². The Balaban J connectivity index is 1.26. The zero-order chi connectivity index (χ0) is 18.2. The number of rotatable bonds is 4. The van der Waals surface area contributed by atoms with Crippen molar-refractivity contribution in [3.63, 3.8) is 0 Å². The Hall–Kier alpha value is -2.64. The van der Waals surface area contributed by atoms with E-state index >= 15 is 0 Å². The number of thiophene rings is 1. The molecule has 0 saturated carbocycles. The van der Waals surface area contributed by atoms with Crippen molar-refractivity contribution in [3.05, 3.63) is 64.2 Å². The standard InChI is InChI=1S/C20H20N4O2S/c25-20-22-16-4-1-2-5-17(16)24(20)15-7-9-23(10-8-15)12-14-13-26-19(21-14)18-6-3-11-27-18/h1-6,11,13,15H,7-10,12H2,(H,22,25). The highest BCUT2D eigenvalue weighted by Crippen LogP contribution is 2.27. The number of aromatic nitrogens is 3. The van der Waals surface area contributed by atoms with E-state index in [4.69, 9.17) is 4.42 Å². The minimum absolute atomic E-state index is 0.00765. The summed E-state index contributed by atoms with van der Waals surface area (Å²) in [5.74, 6) is 0.695. The molecule has 0 atom stereocenters. The summed E-state index contributed by atoms with van der Waals surface area (Å²) in [5, 5.41) is 2.02. The van der Waals surface area contributed by atoms with Crippen LogP contribution in [0.3, 0.4) is 0 Å². The number of hydrogen-bond donors (Lipinski definition) is 1. The largest absolute Gasteiger partial charge is 0.444 e. The fourth-order valence-electron chi connectivity index (χ4n) is 3.89. The molecule has 3 aromatic heterocycles. The third-order valence-corrected chi connectivity index (χ3v) is 6.07. The van der Waals surface area contributed by atoms with Gasteiger partial charge in [-0.1, -0.05) is 18.2 Å². The molecule has 1 fully saturated rings. The molecule has 0 unspecified atom stereocenters. The second kappa shape index (κ2) is 6.83. The van der Waals surface area contributed by atoms with Crippen LogP contribution in [0.2, 0.25) is 0 Å². The first-order valence-corrected chi connectivity index (χ1v) is 10.1. The van der Waals surface area contributed by atoms with Gasteiger partial charge in [0.1, 0.15) is 6.26 Å². The maximum absolute atomic E-state index is 12.4. The lowest BCUT2D eigenvalue weighted by molar-refractivity contribution is 0.178. The van der Waals surface area contributed by atoms with Gasteiger partial charge in [0.15, 0.2) is 0 Å². The van der Waals surface area contributed by atoms with Crippen molar-refractivity contribution in [3.8, 4) is 10.8 Å². The maximum Gasteiger partial charge on any atom is 0.326 e. The normalized spacial score (nSPS) is 16.3. The maximum atomic E-state index is 12.4. The number of imidazole rings is 1. The molecular formula is C20H20N4O2S. The molecular weight excluding hydrogens is 360 g/mol. The first kappa shape index (κ1) is 16.5. The van der Waals surface area contributed by atoms with Gasteiger partial charge >= 0.3 is 5.69 Å². The van der Waals surface area contributed by atoms with Gasteiger partial charge < -0.3 is 9.40 Å². The van der Waals surface area contributed by atoms with Gasteiger partial charge in [0.05, 0.1) is 21.6 Å². The summed E-state index contributed by atoms with van der Waals surface area (Å²) < 4.78 is 7.55. The molecule has 27 heavy (non-hydrogen) atoms. The van der Waals surface area contributed by atoms with E-state index in [0.717, 1.165) is 54.1 Å². The van der Waals surface area contributed by atoms with E-state index in [-0.39, 0.29) is 11.7 Å². The molecule has 0 bridgehead atoms. The SMILES string of the molecule is O=c1[nH]c2ccccc2n1C1CCN(Cc2coc(-c3cccs3)n2)CC1. The zero-order valence-corrected chi connectivity index (χ0v) is 15.6. The average Bonchev–Trinajstić information content (AvgIpc) is 3.41. The second-order valence-corrected chi connectivity index (χ2v) is 7.89. The predicted molar refractivity (Wildman–Crippen MR) is 106 cm³/mol. The van der Waals surface area contributed by atoms with Crippen LogP contribution in [-0.2, 0) is 6.54 Å². The van der Waals surface area contributed by atoms with Crippen molar-refractivity contribution < 1.29 is 4.42 Å². The van der Waals surface area contributed by atoms with E-state index in [9.17, 15) is 4.79 Å². The van der Waals surface area contributed by atoms with Crippen LogP contribution in [0.15, 0.2) is 57.3 Å². The van der Waals surface area contributed by atoms with Gasteiger partial charge in [-0.25, -0.2) is 9.78 Å². The first-order chi connectivity index (χ1) is 13.3. The molecule has 4 heterocycles. The number of H-pyrrole nitrogens is 1. The lowest BCUT2D eigenvalue weighted by Crippen LogP contribution is -2.36. The molecule has 0 amide bonds. The molecule has 7 heteroatoms. The summed E-state index contributed by atoms with van der Waals surface area (Å²) >= 11 is 1.63. The number of likely N-dealkylation sites (tertiary alicyclic amines) is 1. The van der Waals surface area contributed by atoms with Crippen LogP contribution >= 0.6 is 11.3 Å². The quantitative estimate of drug-likeness (QED) is 0.583. The number of fused-ring (bicyclic) bond motifs is 1. The molecule has 4 aromatic rings. The number of nitrogens with zero attached hydrogens (tertiary/aromatic N) is 3. The Morgan fingerprint density at radius 3 is 2.85 bits per heavy atom. The van der Waals surface area contributed by atoms with Crippen LogP contribution < -0.4 is 5.69 Å². The Labute approximate surface area is 160 Å². The summed E-state index contributed by atoms with van der Waals surface area (Å²) in [6, 6.07) is 12.2. The van der Waals surface area contributed by atoms with Crippen LogP contribution in [0.4, 0.5) is 0 Å². The molecule has 0 aliphatic carbocycles. The highest BCUT2D eigenvalue weighted by atomic mass is 32.1. The van der Waals surface area contributed by atoms with Crippen LogP contribution in [0.5, 0.6) is 0 Å². The second-order valence-electron chi connectivity index (χ2n) is 6.95.